The van der Waals surface area contributed by atoms with E-state index in [1.165, 1.54) is 18.1 Å². The maximum Gasteiger partial charge on any atom is 0.259 e. The quantitative estimate of drug-likeness (QED) is 0.519. The number of hydrogen-bond acceptors (Lipinski definition) is 6. The van der Waals surface area contributed by atoms with Crippen molar-refractivity contribution in [2.24, 2.45) is 7.05 Å². The zero-order valence-corrected chi connectivity index (χ0v) is 18.1. The van der Waals surface area contributed by atoms with Crippen LogP contribution in [0, 0.1) is 0 Å². The predicted molar refractivity (Wildman–Crippen MR) is 117 cm³/mol. The summed E-state index contributed by atoms with van der Waals surface area (Å²) in [7, 11) is -1.93. The largest absolute Gasteiger partial charge is 0.492 e. The Labute approximate surface area is 182 Å². The molecule has 4 rings (SSSR count). The molecule has 1 aliphatic heterocycles. The van der Waals surface area contributed by atoms with Gasteiger partial charge in [0, 0.05) is 37.9 Å². The first kappa shape index (κ1) is 21.4. The third-order valence-corrected chi connectivity index (χ3v) is 6.35. The van der Waals surface area contributed by atoms with Crippen LogP contribution in [0.5, 0.6) is 11.5 Å². The third kappa shape index (κ3) is 5.43. The van der Waals surface area contributed by atoms with Crippen LogP contribution < -0.4 is 19.5 Å². The molecule has 31 heavy (non-hydrogen) atoms. The molecule has 8 nitrogen and oxygen atoms in total. The van der Waals surface area contributed by atoms with E-state index < -0.39 is 10.0 Å². The fourth-order valence-electron chi connectivity index (χ4n) is 3.50. The first-order valence-electron chi connectivity index (χ1n) is 10.2. The molecule has 3 aromatic rings. The van der Waals surface area contributed by atoms with Crippen molar-refractivity contribution in [3.05, 3.63) is 72.2 Å². The second-order valence-electron chi connectivity index (χ2n) is 7.37. The number of nitrogens with zero attached hydrogens (tertiary/aromatic N) is 2. The number of aromatic nitrogens is 2. The van der Waals surface area contributed by atoms with Crippen LogP contribution in [0.1, 0.15) is 17.2 Å². The summed E-state index contributed by atoms with van der Waals surface area (Å²) in [5, 5.41) is 3.53. The Morgan fingerprint density at radius 3 is 2.87 bits per heavy atom. The number of hydrogen-bond donors (Lipinski definition) is 2. The van der Waals surface area contributed by atoms with Gasteiger partial charge in [-0.15, -0.1) is 0 Å². The second kappa shape index (κ2) is 9.51. The van der Waals surface area contributed by atoms with Crippen molar-refractivity contribution in [2.75, 3.05) is 26.3 Å². The predicted octanol–water partition coefficient (Wildman–Crippen LogP) is 2.04. The number of benzene rings is 2. The maximum absolute atomic E-state index is 12.2. The second-order valence-corrected chi connectivity index (χ2v) is 9.08. The van der Waals surface area contributed by atoms with E-state index in [0.717, 1.165) is 24.3 Å². The van der Waals surface area contributed by atoms with Gasteiger partial charge in [0.25, 0.3) is 10.0 Å². The summed E-state index contributed by atoms with van der Waals surface area (Å²) >= 11 is 0. The summed E-state index contributed by atoms with van der Waals surface area (Å²) in [5.74, 6) is 1.51. The Kier molecular flexibility index (Phi) is 6.55. The molecule has 2 heterocycles. The molecule has 1 unspecified atom stereocenters. The molecule has 2 aromatic carbocycles. The molecule has 1 atom stereocenters. The molecule has 0 bridgehead atoms. The molecule has 0 saturated carbocycles. The summed E-state index contributed by atoms with van der Waals surface area (Å²) in [6, 6.07) is 16.1. The van der Waals surface area contributed by atoms with Gasteiger partial charge in [-0.2, -0.15) is 0 Å². The molecule has 1 aromatic heterocycles. The van der Waals surface area contributed by atoms with Crippen molar-refractivity contribution >= 4 is 10.0 Å². The Morgan fingerprint density at radius 2 is 2.10 bits per heavy atom. The van der Waals surface area contributed by atoms with Gasteiger partial charge in [-0.3, -0.25) is 0 Å². The van der Waals surface area contributed by atoms with E-state index >= 15 is 0 Å². The van der Waals surface area contributed by atoms with Gasteiger partial charge < -0.3 is 19.4 Å². The van der Waals surface area contributed by atoms with Gasteiger partial charge in [0.2, 0.25) is 0 Å². The number of sulfonamides is 1. The lowest BCUT2D eigenvalue weighted by Crippen LogP contribution is -2.28. The van der Waals surface area contributed by atoms with Crippen molar-refractivity contribution < 1.29 is 17.9 Å². The van der Waals surface area contributed by atoms with Crippen LogP contribution in [0.2, 0.25) is 0 Å². The van der Waals surface area contributed by atoms with Gasteiger partial charge in [-0.05, 0) is 30.2 Å². The van der Waals surface area contributed by atoms with Gasteiger partial charge in [-0.25, -0.2) is 18.1 Å². The van der Waals surface area contributed by atoms with Crippen LogP contribution in [0.15, 0.2) is 66.1 Å². The fourth-order valence-corrected chi connectivity index (χ4v) is 4.49. The highest BCUT2D eigenvalue weighted by atomic mass is 32.2. The van der Waals surface area contributed by atoms with Crippen LogP contribution in [-0.2, 0) is 23.5 Å². The van der Waals surface area contributed by atoms with Gasteiger partial charge in [0.05, 0.1) is 6.33 Å². The SMILES string of the molecule is Cn1cnc(S(=O)(=O)NCCOc2ccc3c(c2)C(Cc2ccccc2)NCCO3)c1. The highest BCUT2D eigenvalue weighted by Crippen LogP contribution is 2.33. The minimum atomic E-state index is -3.65. The van der Waals surface area contributed by atoms with Crippen molar-refractivity contribution in [3.63, 3.8) is 0 Å². The Balaban J connectivity index is 1.39. The standard InChI is InChI=1S/C22H26N4O4S/c1-26-15-22(24-16-26)31(27,28)25-10-12-29-18-7-8-21-19(14-18)20(23-9-11-30-21)13-17-5-3-2-4-6-17/h2-8,14-16,20,23,25H,9-13H2,1H3. The highest BCUT2D eigenvalue weighted by molar-refractivity contribution is 7.89. The molecule has 0 fully saturated rings. The van der Waals surface area contributed by atoms with E-state index in [0.29, 0.717) is 12.4 Å². The summed E-state index contributed by atoms with van der Waals surface area (Å²) in [5.41, 5.74) is 2.27. The first-order valence-corrected chi connectivity index (χ1v) is 11.6. The number of imidazole rings is 1. The van der Waals surface area contributed by atoms with Gasteiger partial charge in [0.15, 0.2) is 5.03 Å². The molecule has 1 aliphatic rings. The van der Waals surface area contributed by atoms with Crippen LogP contribution in [0.4, 0.5) is 0 Å². The van der Waals surface area contributed by atoms with Crippen molar-refractivity contribution in [1.29, 1.82) is 0 Å². The van der Waals surface area contributed by atoms with Crippen molar-refractivity contribution in [2.45, 2.75) is 17.5 Å². The molecule has 0 radical (unpaired) electrons. The summed E-state index contributed by atoms with van der Waals surface area (Å²) < 4.78 is 40.3. The lowest BCUT2D eigenvalue weighted by atomic mass is 9.98. The molecular formula is C22H26N4O4S. The molecule has 0 aliphatic carbocycles. The number of aryl methyl sites for hydroxylation is 1. The maximum atomic E-state index is 12.2. The van der Waals surface area contributed by atoms with E-state index in [4.69, 9.17) is 9.47 Å². The topological polar surface area (TPSA) is 94.5 Å². The average molecular weight is 443 g/mol. The summed E-state index contributed by atoms with van der Waals surface area (Å²) in [6.45, 7) is 1.70. The lowest BCUT2D eigenvalue weighted by Gasteiger charge is -2.19. The Morgan fingerprint density at radius 1 is 1.26 bits per heavy atom. The van der Waals surface area contributed by atoms with Crippen LogP contribution in [0.25, 0.3) is 0 Å². The average Bonchev–Trinajstić information content (AvgIpc) is 3.12. The molecule has 0 saturated heterocycles. The molecule has 0 amide bonds. The monoisotopic (exact) mass is 442 g/mol. The Hall–Kier alpha value is -2.88. The summed E-state index contributed by atoms with van der Waals surface area (Å²) in [4.78, 5) is 3.87. The Bertz CT molecular complexity index is 1120. The molecule has 164 valence electrons. The van der Waals surface area contributed by atoms with Gasteiger partial charge >= 0.3 is 0 Å². The fraction of sp³-hybridized carbons (Fsp3) is 0.318. The third-order valence-electron chi connectivity index (χ3n) is 5.01. The van der Waals surface area contributed by atoms with E-state index in [-0.39, 0.29) is 24.2 Å². The van der Waals surface area contributed by atoms with Crippen molar-refractivity contribution in [3.8, 4) is 11.5 Å². The van der Waals surface area contributed by atoms with E-state index in [2.05, 4.69) is 27.2 Å². The minimum Gasteiger partial charge on any atom is -0.492 e. The van der Waals surface area contributed by atoms with Gasteiger partial charge in [0.1, 0.15) is 24.7 Å². The van der Waals surface area contributed by atoms with E-state index in [9.17, 15) is 8.42 Å². The molecule has 0 spiro atoms. The van der Waals surface area contributed by atoms with Crippen LogP contribution in [0.3, 0.4) is 0 Å². The van der Waals surface area contributed by atoms with E-state index in [1.54, 1.807) is 11.6 Å². The molecule has 2 N–H and O–H groups in total. The zero-order valence-electron chi connectivity index (χ0n) is 17.3. The lowest BCUT2D eigenvalue weighted by molar-refractivity contribution is 0.316. The molecular weight excluding hydrogens is 416 g/mol. The van der Waals surface area contributed by atoms with Crippen LogP contribution in [-0.4, -0.2) is 44.3 Å². The highest BCUT2D eigenvalue weighted by Gasteiger charge is 2.21. The van der Waals surface area contributed by atoms with Crippen LogP contribution >= 0.6 is 0 Å². The number of ether oxygens (including phenoxy) is 2. The number of nitrogens with one attached hydrogen (secondary N) is 2. The smallest absolute Gasteiger partial charge is 0.259 e. The first-order chi connectivity index (χ1) is 15.0. The normalized spacial score (nSPS) is 16.2. The minimum absolute atomic E-state index is 0.00740. The van der Waals surface area contributed by atoms with Gasteiger partial charge in [-0.1, -0.05) is 30.3 Å². The number of rotatable bonds is 8. The summed E-state index contributed by atoms with van der Waals surface area (Å²) in [6.07, 6.45) is 3.74. The number of fused-ring (bicyclic) bond motifs is 1. The van der Waals surface area contributed by atoms with E-state index in [1.807, 2.05) is 36.4 Å². The van der Waals surface area contributed by atoms with Crippen molar-refractivity contribution in [1.82, 2.24) is 19.6 Å². The zero-order chi connectivity index (χ0) is 21.7. The molecule has 9 heteroatoms.